The van der Waals surface area contributed by atoms with Gasteiger partial charge in [-0.25, -0.2) is 9.97 Å². The molecule has 148 valence electrons. The number of nitrogens with one attached hydrogen (secondary N) is 1. The molecule has 1 amide bonds. The van der Waals surface area contributed by atoms with Crippen LogP contribution in [0.1, 0.15) is 28.5 Å². The number of piperazine rings is 1. The number of rotatable bonds is 5. The fourth-order valence-electron chi connectivity index (χ4n) is 3.19. The number of carbonyl (C=O) groups excluding carboxylic acids is 1. The zero-order valence-electron chi connectivity index (χ0n) is 16.3. The van der Waals surface area contributed by atoms with Crippen LogP contribution in [0.25, 0.3) is 0 Å². The molecule has 1 N–H and O–H groups in total. The predicted molar refractivity (Wildman–Crippen MR) is 107 cm³/mol. The third kappa shape index (κ3) is 4.25. The van der Waals surface area contributed by atoms with Crippen molar-refractivity contribution >= 4 is 23.2 Å². The number of anilines is 2. The minimum absolute atomic E-state index is 0.0115. The van der Waals surface area contributed by atoms with Crippen molar-refractivity contribution < 1.29 is 9.72 Å². The van der Waals surface area contributed by atoms with Crippen LogP contribution in [0.15, 0.2) is 24.4 Å². The molecule has 3 rings (SSSR count). The van der Waals surface area contributed by atoms with Crippen LogP contribution in [0.2, 0.25) is 0 Å². The van der Waals surface area contributed by atoms with E-state index in [1.807, 2.05) is 0 Å². The van der Waals surface area contributed by atoms with E-state index in [2.05, 4.69) is 32.0 Å². The highest BCUT2D eigenvalue weighted by Gasteiger charge is 2.20. The molecule has 0 aliphatic carbocycles. The summed E-state index contributed by atoms with van der Waals surface area (Å²) in [5.41, 5.74) is 2.11. The van der Waals surface area contributed by atoms with E-state index < -0.39 is 4.92 Å². The maximum atomic E-state index is 12.6. The van der Waals surface area contributed by atoms with Gasteiger partial charge in [0.25, 0.3) is 11.6 Å². The second kappa shape index (κ2) is 8.30. The van der Waals surface area contributed by atoms with Gasteiger partial charge in [-0.05, 0) is 32.0 Å². The Hall–Kier alpha value is -3.07. The number of carbonyl (C=O) groups is 1. The van der Waals surface area contributed by atoms with E-state index in [1.165, 1.54) is 18.2 Å². The van der Waals surface area contributed by atoms with Crippen molar-refractivity contribution in [2.24, 2.45) is 0 Å². The molecule has 9 nitrogen and oxygen atoms in total. The summed E-state index contributed by atoms with van der Waals surface area (Å²) in [7, 11) is 0. The topological polar surface area (TPSA) is 104 Å². The zero-order valence-corrected chi connectivity index (χ0v) is 16.3. The van der Waals surface area contributed by atoms with Gasteiger partial charge in [-0.1, -0.05) is 6.92 Å². The standard InChI is InChI=1S/C19H24N6O3/c1-4-23-7-9-24(10-8-23)19-20-12-16(14(3)21-19)18(26)22-17-6-5-15(25(27)28)11-13(17)2/h5-6,11-12H,4,7-10H2,1-3H3,(H,22,26). The first-order valence-corrected chi connectivity index (χ1v) is 9.26. The molecular formula is C19H24N6O3. The molecule has 1 fully saturated rings. The molecule has 0 spiro atoms. The van der Waals surface area contributed by atoms with Crippen LogP contribution in [0, 0.1) is 24.0 Å². The molecular weight excluding hydrogens is 360 g/mol. The third-order valence-corrected chi connectivity index (χ3v) is 4.98. The van der Waals surface area contributed by atoms with Crippen LogP contribution in [-0.2, 0) is 0 Å². The highest BCUT2D eigenvalue weighted by molar-refractivity contribution is 6.05. The molecule has 2 heterocycles. The van der Waals surface area contributed by atoms with E-state index in [1.54, 1.807) is 20.0 Å². The van der Waals surface area contributed by atoms with Gasteiger partial charge in [0.05, 0.1) is 16.2 Å². The number of nitro benzene ring substituents is 1. The van der Waals surface area contributed by atoms with Crippen molar-refractivity contribution in [3.63, 3.8) is 0 Å². The molecule has 0 atom stereocenters. The number of non-ortho nitro benzene ring substituents is 1. The number of aryl methyl sites for hydroxylation is 2. The Labute approximate surface area is 163 Å². The monoisotopic (exact) mass is 384 g/mol. The van der Waals surface area contributed by atoms with Gasteiger partial charge in [-0.2, -0.15) is 0 Å². The molecule has 0 radical (unpaired) electrons. The fourth-order valence-corrected chi connectivity index (χ4v) is 3.19. The van der Waals surface area contributed by atoms with Crippen LogP contribution < -0.4 is 10.2 Å². The van der Waals surface area contributed by atoms with E-state index in [-0.39, 0.29) is 11.6 Å². The number of nitro groups is 1. The van der Waals surface area contributed by atoms with E-state index in [9.17, 15) is 14.9 Å². The van der Waals surface area contributed by atoms with Crippen LogP contribution in [0.3, 0.4) is 0 Å². The maximum absolute atomic E-state index is 12.6. The Bertz CT molecular complexity index is 893. The number of hydrogen-bond donors (Lipinski definition) is 1. The lowest BCUT2D eigenvalue weighted by Gasteiger charge is -2.34. The normalized spacial score (nSPS) is 14.8. The zero-order chi connectivity index (χ0) is 20.3. The minimum Gasteiger partial charge on any atom is -0.338 e. The van der Waals surface area contributed by atoms with Crippen molar-refractivity contribution in [1.82, 2.24) is 14.9 Å². The Kier molecular flexibility index (Phi) is 5.84. The fraction of sp³-hybridized carbons (Fsp3) is 0.421. The van der Waals surface area contributed by atoms with Gasteiger partial charge in [0, 0.05) is 50.2 Å². The lowest BCUT2D eigenvalue weighted by atomic mass is 10.1. The molecule has 0 saturated carbocycles. The summed E-state index contributed by atoms with van der Waals surface area (Å²) in [6.45, 7) is 10.4. The number of benzene rings is 1. The first kappa shape index (κ1) is 19.7. The molecule has 28 heavy (non-hydrogen) atoms. The highest BCUT2D eigenvalue weighted by Crippen LogP contribution is 2.22. The van der Waals surface area contributed by atoms with Gasteiger partial charge in [0.2, 0.25) is 5.95 Å². The van der Waals surface area contributed by atoms with Gasteiger partial charge in [-0.3, -0.25) is 14.9 Å². The lowest BCUT2D eigenvalue weighted by molar-refractivity contribution is -0.384. The molecule has 0 bridgehead atoms. The van der Waals surface area contributed by atoms with E-state index >= 15 is 0 Å². The minimum atomic E-state index is -0.463. The van der Waals surface area contributed by atoms with E-state index in [0.29, 0.717) is 28.5 Å². The van der Waals surface area contributed by atoms with Crippen molar-refractivity contribution in [3.8, 4) is 0 Å². The summed E-state index contributed by atoms with van der Waals surface area (Å²) in [5, 5.41) is 13.6. The summed E-state index contributed by atoms with van der Waals surface area (Å²) in [5.74, 6) is 0.299. The van der Waals surface area contributed by atoms with Crippen molar-refractivity contribution in [2.45, 2.75) is 20.8 Å². The van der Waals surface area contributed by atoms with E-state index in [0.717, 1.165) is 32.7 Å². The second-order valence-corrected chi connectivity index (χ2v) is 6.80. The Morgan fingerprint density at radius 3 is 2.54 bits per heavy atom. The maximum Gasteiger partial charge on any atom is 0.269 e. The average molecular weight is 384 g/mol. The number of hydrogen-bond acceptors (Lipinski definition) is 7. The molecule has 1 aromatic heterocycles. The summed E-state index contributed by atoms with van der Waals surface area (Å²) in [6, 6.07) is 4.33. The van der Waals surface area contributed by atoms with Crippen LogP contribution in [0.4, 0.5) is 17.3 Å². The predicted octanol–water partition coefficient (Wildman–Crippen LogP) is 2.40. The first-order chi connectivity index (χ1) is 13.4. The molecule has 0 unspecified atom stereocenters. The van der Waals surface area contributed by atoms with Crippen LogP contribution in [-0.4, -0.2) is 58.4 Å². The smallest absolute Gasteiger partial charge is 0.269 e. The third-order valence-electron chi connectivity index (χ3n) is 4.98. The van der Waals surface area contributed by atoms with Gasteiger partial charge < -0.3 is 15.1 Å². The van der Waals surface area contributed by atoms with Crippen molar-refractivity contribution in [1.29, 1.82) is 0 Å². The van der Waals surface area contributed by atoms with Gasteiger partial charge in [0.1, 0.15) is 0 Å². The lowest BCUT2D eigenvalue weighted by Crippen LogP contribution is -2.46. The molecule has 1 aliphatic rings. The molecule has 1 saturated heterocycles. The van der Waals surface area contributed by atoms with Gasteiger partial charge in [-0.15, -0.1) is 0 Å². The summed E-state index contributed by atoms with van der Waals surface area (Å²) in [4.78, 5) is 36.4. The number of amides is 1. The van der Waals surface area contributed by atoms with Gasteiger partial charge in [0.15, 0.2) is 0 Å². The highest BCUT2D eigenvalue weighted by atomic mass is 16.6. The number of likely N-dealkylation sites (N-methyl/N-ethyl adjacent to an activating group) is 1. The Morgan fingerprint density at radius 2 is 1.96 bits per heavy atom. The van der Waals surface area contributed by atoms with E-state index in [4.69, 9.17) is 0 Å². The van der Waals surface area contributed by atoms with Crippen molar-refractivity contribution in [3.05, 3.63) is 51.3 Å². The SMILES string of the molecule is CCN1CCN(c2ncc(C(=O)Nc3ccc([N+](=O)[O-])cc3C)c(C)n2)CC1. The Morgan fingerprint density at radius 1 is 1.25 bits per heavy atom. The first-order valence-electron chi connectivity index (χ1n) is 9.26. The quantitative estimate of drug-likeness (QED) is 0.623. The van der Waals surface area contributed by atoms with Crippen LogP contribution in [0.5, 0.6) is 0 Å². The second-order valence-electron chi connectivity index (χ2n) is 6.80. The molecule has 9 heteroatoms. The molecule has 2 aromatic rings. The Balaban J connectivity index is 1.72. The average Bonchev–Trinajstić information content (AvgIpc) is 2.69. The largest absolute Gasteiger partial charge is 0.338 e. The number of nitrogens with zero attached hydrogens (tertiary/aromatic N) is 5. The molecule has 1 aromatic carbocycles. The summed E-state index contributed by atoms with van der Waals surface area (Å²) >= 11 is 0. The molecule has 1 aliphatic heterocycles. The van der Waals surface area contributed by atoms with Crippen LogP contribution >= 0.6 is 0 Å². The number of aromatic nitrogens is 2. The van der Waals surface area contributed by atoms with Crippen molar-refractivity contribution in [2.75, 3.05) is 42.9 Å². The summed E-state index contributed by atoms with van der Waals surface area (Å²) in [6.07, 6.45) is 1.54. The van der Waals surface area contributed by atoms with Gasteiger partial charge >= 0.3 is 0 Å². The summed E-state index contributed by atoms with van der Waals surface area (Å²) < 4.78 is 0.